The molecule has 0 bridgehead atoms. The molecule has 1 N–H and O–H groups in total. The van der Waals surface area contributed by atoms with E-state index in [9.17, 15) is 9.59 Å². The van der Waals surface area contributed by atoms with Crippen molar-refractivity contribution in [2.75, 3.05) is 7.11 Å². The first-order valence-electron chi connectivity index (χ1n) is 8.33. The number of nitrogens with one attached hydrogen (secondary N) is 1. The summed E-state index contributed by atoms with van der Waals surface area (Å²) >= 11 is 12.5. The van der Waals surface area contributed by atoms with Crippen molar-refractivity contribution >= 4 is 40.7 Å². The molecular weight excluding hydrogens is 385 g/mol. The van der Waals surface area contributed by atoms with Crippen LogP contribution in [0.25, 0.3) is 5.70 Å². The second-order valence-electron chi connectivity index (χ2n) is 6.42. The van der Waals surface area contributed by atoms with Crippen LogP contribution < -0.4 is 5.32 Å². The molecule has 27 heavy (non-hydrogen) atoms. The average Bonchev–Trinajstić information content (AvgIpc) is 2.93. The molecule has 1 aliphatic heterocycles. The number of methoxy groups -OCH3 is 1. The molecule has 136 valence electrons. The maximum Gasteiger partial charge on any atom is 0.336 e. The summed E-state index contributed by atoms with van der Waals surface area (Å²) in [5.74, 6) is -1.28. The normalized spacial score (nSPS) is 18.2. The van der Waals surface area contributed by atoms with E-state index in [1.165, 1.54) is 7.11 Å². The number of rotatable bonds is 2. The molecule has 0 amide bonds. The zero-order valence-corrected chi connectivity index (χ0v) is 16.1. The predicted octanol–water partition coefficient (Wildman–Crippen LogP) is 4.73. The first-order valence-corrected chi connectivity index (χ1v) is 9.09. The van der Waals surface area contributed by atoms with Gasteiger partial charge in [-0.15, -0.1) is 0 Å². The Bertz CT molecular complexity index is 1070. The quantitative estimate of drug-likeness (QED) is 0.741. The van der Waals surface area contributed by atoms with E-state index >= 15 is 0 Å². The predicted molar refractivity (Wildman–Crippen MR) is 105 cm³/mol. The molecule has 1 aliphatic carbocycles. The van der Waals surface area contributed by atoms with Crippen LogP contribution in [0.4, 0.5) is 0 Å². The number of hydrogen-bond acceptors (Lipinski definition) is 4. The number of carbonyl (C=O) groups is 2. The number of ether oxygens (including phenoxy) is 1. The monoisotopic (exact) mass is 399 g/mol. The SMILES string of the molecule is COC(=O)C1=C(C)NC2=C(C(=O)c3ccccc32)[C@@H]1c1ccc(Cl)cc1Cl. The Kier molecular flexibility index (Phi) is 4.33. The van der Waals surface area contributed by atoms with Crippen LogP contribution in [0.3, 0.4) is 0 Å². The lowest BCUT2D eigenvalue weighted by Crippen LogP contribution is -2.29. The fourth-order valence-electron chi connectivity index (χ4n) is 3.76. The molecule has 2 aromatic rings. The Morgan fingerprint density at radius 2 is 1.81 bits per heavy atom. The first kappa shape index (κ1) is 17.8. The Morgan fingerprint density at radius 1 is 1.11 bits per heavy atom. The van der Waals surface area contributed by atoms with Crippen molar-refractivity contribution in [2.24, 2.45) is 0 Å². The number of Topliss-reactive ketones (excluding diaryl/α,β-unsaturated/α-hetero) is 1. The van der Waals surface area contributed by atoms with Gasteiger partial charge in [0.15, 0.2) is 5.78 Å². The van der Waals surface area contributed by atoms with Gasteiger partial charge in [-0.25, -0.2) is 4.79 Å². The Hall–Kier alpha value is -2.56. The number of dihydropyridines is 1. The van der Waals surface area contributed by atoms with Crippen molar-refractivity contribution in [1.29, 1.82) is 0 Å². The molecule has 2 aromatic carbocycles. The van der Waals surface area contributed by atoms with Gasteiger partial charge in [-0.2, -0.15) is 0 Å². The van der Waals surface area contributed by atoms with E-state index in [-0.39, 0.29) is 5.78 Å². The minimum atomic E-state index is -0.640. The van der Waals surface area contributed by atoms with Crippen LogP contribution >= 0.6 is 23.2 Å². The van der Waals surface area contributed by atoms with Gasteiger partial charge in [0.05, 0.1) is 24.3 Å². The van der Waals surface area contributed by atoms with E-state index in [1.54, 1.807) is 31.2 Å². The van der Waals surface area contributed by atoms with Gasteiger partial charge >= 0.3 is 5.97 Å². The zero-order chi connectivity index (χ0) is 19.3. The summed E-state index contributed by atoms with van der Waals surface area (Å²) in [4.78, 5) is 25.8. The smallest absolute Gasteiger partial charge is 0.336 e. The highest BCUT2D eigenvalue weighted by Crippen LogP contribution is 2.48. The molecule has 0 saturated heterocycles. The van der Waals surface area contributed by atoms with Crippen molar-refractivity contribution in [3.8, 4) is 0 Å². The Morgan fingerprint density at radius 3 is 2.48 bits per heavy atom. The van der Waals surface area contributed by atoms with Crippen LogP contribution in [0.1, 0.15) is 34.3 Å². The van der Waals surface area contributed by atoms with Gasteiger partial charge in [-0.05, 0) is 24.6 Å². The standard InChI is InChI=1S/C21H15Cl2NO3/c1-10-16(21(26)27-2)17(14-8-7-11(22)9-15(14)23)18-19(24-10)12-5-3-4-6-13(12)20(18)25/h3-9,17,24H,1-2H3/t17-/m1/s1. The van der Waals surface area contributed by atoms with Crippen LogP contribution in [0, 0.1) is 0 Å². The number of esters is 1. The molecule has 2 aliphatic rings. The summed E-state index contributed by atoms with van der Waals surface area (Å²) < 4.78 is 5.00. The van der Waals surface area contributed by atoms with Crippen LogP contribution in [-0.4, -0.2) is 18.9 Å². The van der Waals surface area contributed by atoms with E-state index < -0.39 is 11.9 Å². The van der Waals surface area contributed by atoms with Crippen LogP contribution in [-0.2, 0) is 9.53 Å². The summed E-state index contributed by atoms with van der Waals surface area (Å²) in [7, 11) is 1.32. The van der Waals surface area contributed by atoms with Gasteiger partial charge in [0.1, 0.15) is 0 Å². The minimum absolute atomic E-state index is 0.127. The lowest BCUT2D eigenvalue weighted by atomic mass is 9.80. The van der Waals surface area contributed by atoms with Gasteiger partial charge in [0, 0.05) is 32.4 Å². The Balaban J connectivity index is 1.99. The van der Waals surface area contributed by atoms with Crippen molar-refractivity contribution in [2.45, 2.75) is 12.8 Å². The molecule has 0 aromatic heterocycles. The van der Waals surface area contributed by atoms with E-state index in [0.29, 0.717) is 43.7 Å². The van der Waals surface area contributed by atoms with Gasteiger partial charge in [0.2, 0.25) is 0 Å². The lowest BCUT2D eigenvalue weighted by molar-refractivity contribution is -0.136. The summed E-state index contributed by atoms with van der Waals surface area (Å²) in [6.45, 7) is 1.79. The molecule has 0 saturated carbocycles. The molecule has 0 unspecified atom stereocenters. The number of hydrogen-bond donors (Lipinski definition) is 1. The van der Waals surface area contributed by atoms with E-state index in [4.69, 9.17) is 27.9 Å². The molecule has 0 spiro atoms. The van der Waals surface area contributed by atoms with Crippen LogP contribution in [0.15, 0.2) is 59.3 Å². The van der Waals surface area contributed by atoms with Crippen LogP contribution in [0.2, 0.25) is 10.0 Å². The number of allylic oxidation sites excluding steroid dienone is 2. The maximum absolute atomic E-state index is 13.2. The third-order valence-electron chi connectivity index (χ3n) is 4.93. The molecule has 4 nitrogen and oxygen atoms in total. The number of carbonyl (C=O) groups excluding carboxylic acids is 2. The topological polar surface area (TPSA) is 55.4 Å². The largest absolute Gasteiger partial charge is 0.466 e. The highest BCUT2D eigenvalue weighted by atomic mass is 35.5. The summed E-state index contributed by atoms with van der Waals surface area (Å²) in [6, 6.07) is 12.4. The minimum Gasteiger partial charge on any atom is -0.466 e. The third kappa shape index (κ3) is 2.68. The third-order valence-corrected chi connectivity index (χ3v) is 5.49. The second kappa shape index (κ2) is 6.55. The Labute approximate surface area is 166 Å². The van der Waals surface area contributed by atoms with Crippen molar-refractivity contribution in [3.05, 3.63) is 86.0 Å². The molecule has 1 heterocycles. The van der Waals surface area contributed by atoms with Gasteiger partial charge < -0.3 is 10.1 Å². The maximum atomic E-state index is 13.2. The number of fused-ring (bicyclic) bond motifs is 2. The van der Waals surface area contributed by atoms with E-state index in [0.717, 1.165) is 5.56 Å². The van der Waals surface area contributed by atoms with Crippen molar-refractivity contribution < 1.29 is 14.3 Å². The molecule has 6 heteroatoms. The molecular formula is C21H15Cl2NO3. The molecule has 1 atom stereocenters. The molecule has 0 radical (unpaired) electrons. The number of halogens is 2. The number of benzene rings is 2. The highest BCUT2D eigenvalue weighted by molar-refractivity contribution is 6.35. The van der Waals surface area contributed by atoms with Crippen molar-refractivity contribution in [3.63, 3.8) is 0 Å². The van der Waals surface area contributed by atoms with E-state index in [1.807, 2.05) is 18.2 Å². The van der Waals surface area contributed by atoms with Gasteiger partial charge in [-0.1, -0.05) is 53.5 Å². The number of ketones is 1. The van der Waals surface area contributed by atoms with Crippen molar-refractivity contribution in [1.82, 2.24) is 5.32 Å². The second-order valence-corrected chi connectivity index (χ2v) is 7.26. The zero-order valence-electron chi connectivity index (χ0n) is 14.6. The fourth-order valence-corrected chi connectivity index (χ4v) is 4.27. The summed E-state index contributed by atoms with van der Waals surface area (Å²) in [5, 5.41) is 4.10. The summed E-state index contributed by atoms with van der Waals surface area (Å²) in [6.07, 6.45) is 0. The van der Waals surface area contributed by atoms with Gasteiger partial charge in [0.25, 0.3) is 0 Å². The van der Waals surface area contributed by atoms with Gasteiger partial charge in [-0.3, -0.25) is 4.79 Å². The summed E-state index contributed by atoms with van der Waals surface area (Å²) in [5.41, 5.74) is 4.24. The fraction of sp³-hybridized carbons (Fsp3) is 0.143. The molecule has 4 rings (SSSR count). The lowest BCUT2D eigenvalue weighted by Gasteiger charge is -2.29. The van der Waals surface area contributed by atoms with E-state index in [2.05, 4.69) is 5.32 Å². The first-order chi connectivity index (χ1) is 12.9. The van der Waals surface area contributed by atoms with Crippen LogP contribution in [0.5, 0.6) is 0 Å². The highest BCUT2D eigenvalue weighted by Gasteiger charge is 2.43. The molecule has 0 fully saturated rings. The average molecular weight is 400 g/mol.